The molecule has 0 saturated heterocycles. The second-order valence-electron chi connectivity index (χ2n) is 24.1. The molecule has 15 N–H and O–H groups in total. The first-order valence-electron chi connectivity index (χ1n) is 34.3. The summed E-state index contributed by atoms with van der Waals surface area (Å²) >= 11 is 8.07. The van der Waals surface area contributed by atoms with E-state index in [0.29, 0.717) is 6.42 Å². The lowest BCUT2D eigenvalue weighted by Crippen LogP contribution is -2.45. The first-order chi connectivity index (χ1) is 48.1. The molecule has 0 spiro atoms. The van der Waals surface area contributed by atoms with E-state index < -0.39 is 175 Å². The Kier molecular flexibility index (Phi) is 54.6. The average Bonchev–Trinajstić information content (AvgIpc) is 0.901. The number of carbonyl (C=O) groups is 16. The van der Waals surface area contributed by atoms with Crippen molar-refractivity contribution in [3.05, 3.63) is 0 Å². The number of thiol groups is 2. The molecule has 36 heteroatoms. The first kappa shape index (κ1) is 93.5. The topological polar surface area (TPSA) is 542 Å². The van der Waals surface area contributed by atoms with Gasteiger partial charge in [-0.2, -0.15) is 25.3 Å². The number of carboxylic acids is 6. The molecule has 8 amide bonds. The number of carboxylic acid groups (broad SMARTS) is 6. The maximum absolute atomic E-state index is 13.1. The zero-order valence-electron chi connectivity index (χ0n) is 57.6. The highest BCUT2D eigenvalue weighted by Crippen LogP contribution is 2.19. The molecule has 7 atom stereocenters. The molecule has 0 aromatic heterocycles. The molecule has 0 unspecified atom stereocenters. The third-order valence-electron chi connectivity index (χ3n) is 15.6. The highest BCUT2D eigenvalue weighted by Gasteiger charge is 2.31. The summed E-state index contributed by atoms with van der Waals surface area (Å²) in [6.07, 6.45) is 11.9. The minimum atomic E-state index is -1.69. The summed E-state index contributed by atoms with van der Waals surface area (Å²) in [6.45, 7) is -0.650. The molecular formula is C65H108N8O26S2. The number of aliphatic carboxylic acids is 6. The fourth-order valence-electron chi connectivity index (χ4n) is 9.81. The number of nitrogens with two attached hydrogens (primary N) is 1. The number of rotatable bonds is 68. The molecule has 0 fully saturated rings. The zero-order chi connectivity index (χ0) is 75.8. The van der Waals surface area contributed by atoms with Crippen LogP contribution < -0.4 is 43.0 Å². The van der Waals surface area contributed by atoms with Crippen molar-refractivity contribution in [1.82, 2.24) is 37.2 Å². The van der Waals surface area contributed by atoms with E-state index in [1.165, 1.54) is 32.1 Å². The third kappa shape index (κ3) is 52.1. The van der Waals surface area contributed by atoms with Crippen molar-refractivity contribution in [1.29, 1.82) is 0 Å². The van der Waals surface area contributed by atoms with E-state index in [-0.39, 0.29) is 129 Å². The molecule has 34 nitrogen and oxygen atoms in total. The monoisotopic (exact) mass is 1480 g/mol. The van der Waals surface area contributed by atoms with Crippen LogP contribution in [0.25, 0.3) is 0 Å². The summed E-state index contributed by atoms with van der Waals surface area (Å²) in [6, 6.07) is -7.53. The van der Waals surface area contributed by atoms with Crippen molar-refractivity contribution >= 4 is 120 Å². The predicted molar refractivity (Wildman–Crippen MR) is 367 cm³/mol. The van der Waals surface area contributed by atoms with Crippen molar-refractivity contribution in [2.75, 3.05) is 77.5 Å². The number of unbranched alkanes of at least 4 members (excludes halogenated alkanes) is 15. The lowest BCUT2D eigenvalue weighted by atomic mass is 9.90. The number of amides is 8. The van der Waals surface area contributed by atoms with Gasteiger partial charge in [-0.15, -0.1) is 0 Å². The first-order valence-corrected chi connectivity index (χ1v) is 35.6. The lowest BCUT2D eigenvalue weighted by molar-refractivity contribution is -0.144. The molecular weight excluding hydrogens is 1370 g/mol. The van der Waals surface area contributed by atoms with Crippen molar-refractivity contribution in [2.24, 2.45) is 17.6 Å². The molecule has 0 aliphatic rings. The van der Waals surface area contributed by atoms with Crippen molar-refractivity contribution in [2.45, 2.75) is 223 Å². The van der Waals surface area contributed by atoms with Gasteiger partial charge in [0.1, 0.15) is 43.2 Å². The largest absolute Gasteiger partial charge is 0.481 e. The van der Waals surface area contributed by atoms with E-state index in [0.717, 1.165) is 64.2 Å². The van der Waals surface area contributed by atoms with E-state index in [1.807, 2.05) is 0 Å². The van der Waals surface area contributed by atoms with Crippen molar-refractivity contribution < 1.29 is 126 Å². The minimum absolute atomic E-state index is 0.0000422. The fraction of sp³-hybridized carbons (Fsp3) is 0.754. The Hall–Kier alpha value is -7.54. The number of ketones is 2. The summed E-state index contributed by atoms with van der Waals surface area (Å²) in [5.41, 5.74) is 5.22. The number of hydrogen-bond donors (Lipinski definition) is 16. The van der Waals surface area contributed by atoms with E-state index >= 15 is 0 Å². The van der Waals surface area contributed by atoms with Gasteiger partial charge in [-0.05, 0) is 44.9 Å². The van der Waals surface area contributed by atoms with E-state index in [1.54, 1.807) is 0 Å². The van der Waals surface area contributed by atoms with Gasteiger partial charge in [0, 0.05) is 88.3 Å². The second kappa shape index (κ2) is 59.0. The Labute approximate surface area is 598 Å². The Balaban J connectivity index is 4.45. The van der Waals surface area contributed by atoms with Crippen molar-refractivity contribution in [3.8, 4) is 0 Å². The van der Waals surface area contributed by atoms with Gasteiger partial charge in [0.05, 0.1) is 51.6 Å². The van der Waals surface area contributed by atoms with Gasteiger partial charge >= 0.3 is 35.8 Å². The highest BCUT2D eigenvalue weighted by molar-refractivity contribution is 7.80. The van der Waals surface area contributed by atoms with E-state index in [4.69, 9.17) is 29.8 Å². The van der Waals surface area contributed by atoms with Gasteiger partial charge in [-0.25, -0.2) is 19.2 Å². The number of nitrogens with one attached hydrogen (secondary N) is 7. The smallest absolute Gasteiger partial charge is 0.326 e. The molecule has 0 aromatic carbocycles. The highest BCUT2D eigenvalue weighted by atomic mass is 32.1. The summed E-state index contributed by atoms with van der Waals surface area (Å²) in [4.78, 5) is 195. The third-order valence-corrected chi connectivity index (χ3v) is 16.5. The Morgan fingerprint density at radius 1 is 0.307 bits per heavy atom. The molecule has 0 aromatic rings. The number of primary amides is 1. The fourth-order valence-corrected chi connectivity index (χ4v) is 10.4. The summed E-state index contributed by atoms with van der Waals surface area (Å²) in [5.74, 6) is -17.0. The number of hydrogen-bond acceptors (Lipinski definition) is 22. The van der Waals surface area contributed by atoms with Crippen LogP contribution in [0.3, 0.4) is 0 Å². The van der Waals surface area contributed by atoms with Crippen LogP contribution in [0, 0.1) is 11.8 Å². The summed E-state index contributed by atoms with van der Waals surface area (Å²) < 4.78 is 21.3. The lowest BCUT2D eigenvalue weighted by Gasteiger charge is -2.21. The molecule has 0 bridgehead atoms. The van der Waals surface area contributed by atoms with Crippen LogP contribution in [-0.2, 0) is 95.7 Å². The van der Waals surface area contributed by atoms with Gasteiger partial charge in [0.25, 0.3) is 0 Å². The van der Waals surface area contributed by atoms with Crippen LogP contribution in [0.5, 0.6) is 0 Å². The predicted octanol–water partition coefficient (Wildman–Crippen LogP) is 1.64. The van der Waals surface area contributed by atoms with Gasteiger partial charge in [-0.1, -0.05) is 89.9 Å². The van der Waals surface area contributed by atoms with Gasteiger partial charge in [0.15, 0.2) is 5.78 Å². The maximum atomic E-state index is 13.1. The SMILES string of the molecule is NC(=O)CC[C@H](NC(=O)COCCOCCNC(=O)COCCOCCNC(=O)CC[C@H](NC(=O)CC[C@H](NC(=O)CC[C@H](NC(=O)CC[C@H](NC(=O)CCCCCCCCCCCCCCCCCCC(=O)O)C(=O)O)C(=O)O)C(=O)O)C(=O)O)C(=O)C[C@@H](CS)C(=O)C[C@@H](CS)C(=O)O. The quantitative estimate of drug-likeness (QED) is 0.0304. The molecule has 0 rings (SSSR count). The summed E-state index contributed by atoms with van der Waals surface area (Å²) in [7, 11) is 0. The second-order valence-corrected chi connectivity index (χ2v) is 24.9. The van der Waals surface area contributed by atoms with Crippen LogP contribution in [-0.4, -0.2) is 233 Å². The van der Waals surface area contributed by atoms with E-state index in [9.17, 15) is 102 Å². The zero-order valence-corrected chi connectivity index (χ0v) is 59.3. The molecule has 576 valence electrons. The maximum Gasteiger partial charge on any atom is 0.326 e. The van der Waals surface area contributed by atoms with Crippen LogP contribution in [0.15, 0.2) is 0 Å². The number of carbonyl (C=O) groups excluding carboxylic acids is 10. The van der Waals surface area contributed by atoms with Crippen LogP contribution in [0.4, 0.5) is 0 Å². The molecule has 0 aliphatic heterocycles. The van der Waals surface area contributed by atoms with E-state index in [2.05, 4.69) is 62.5 Å². The number of Topliss-reactive ketones (excluding diaryl/α,β-unsaturated/α-hetero) is 2. The van der Waals surface area contributed by atoms with Crippen molar-refractivity contribution in [3.63, 3.8) is 0 Å². The summed E-state index contributed by atoms with van der Waals surface area (Å²) in [5, 5.41) is 73.2. The Bertz CT molecular complexity index is 2590. The normalized spacial score (nSPS) is 13.1. The van der Waals surface area contributed by atoms with Crippen LogP contribution in [0.2, 0.25) is 0 Å². The molecule has 0 saturated carbocycles. The van der Waals surface area contributed by atoms with Gasteiger partial charge in [-0.3, -0.25) is 57.5 Å². The van der Waals surface area contributed by atoms with Crippen LogP contribution >= 0.6 is 25.3 Å². The molecule has 0 heterocycles. The Morgan fingerprint density at radius 3 is 0.970 bits per heavy atom. The minimum Gasteiger partial charge on any atom is -0.481 e. The molecule has 0 aliphatic carbocycles. The average molecular weight is 1480 g/mol. The molecule has 0 radical (unpaired) electrons. The standard InChI is InChI=1S/C65H108N8O26S2/c66-52(76)24-19-45(51(75)37-43(41-100)50(74)38-44(42-101)61(86)87)69-59(83)40-99-36-34-97-32-30-68-58(82)39-98-35-33-96-31-29-67-53(77)25-20-46(62(88)89)71-55(79)27-22-48(64(92)93)73-57(81)28-23-49(65(94)95)72-56(80)26-21-47(63(90)91)70-54(78)17-15-13-11-9-7-5-3-1-2-4-6-8-10-12-14-16-18-60(84)85/h43-49,100-101H,1-42H2,(H2,66,76)(H,67,77)(H,68,82)(H,69,83)(H,70,78)(H,71,79)(H,72,80)(H,73,81)(H,84,85)(H,86,87)(H,88,89)(H,90,91)(H,92,93)(H,94,95)/t43-,44-,45-,46-,47-,48-,49-/m0/s1. The Morgan fingerprint density at radius 2 is 0.614 bits per heavy atom. The molecule has 101 heavy (non-hydrogen) atoms. The number of ether oxygens (including phenoxy) is 4. The van der Waals surface area contributed by atoms with Gasteiger partial charge in [0.2, 0.25) is 47.3 Å². The van der Waals surface area contributed by atoms with Gasteiger partial charge < -0.3 is 92.5 Å². The van der Waals surface area contributed by atoms with Crippen LogP contribution in [0.1, 0.15) is 193 Å².